The monoisotopic (exact) mass is 429 g/mol. The van der Waals surface area contributed by atoms with Gasteiger partial charge in [-0.3, -0.25) is 15.0 Å². The number of benzene rings is 1. The molecule has 2 unspecified atom stereocenters. The van der Waals surface area contributed by atoms with E-state index >= 15 is 0 Å². The predicted octanol–water partition coefficient (Wildman–Crippen LogP) is 3.82. The number of aromatic nitrogens is 2. The Balaban J connectivity index is 1.67. The van der Waals surface area contributed by atoms with E-state index in [4.69, 9.17) is 4.74 Å². The normalized spacial score (nSPS) is 19.8. The lowest BCUT2D eigenvalue weighted by molar-refractivity contribution is -0.384. The van der Waals surface area contributed by atoms with Crippen molar-refractivity contribution in [3.8, 4) is 5.69 Å². The highest BCUT2D eigenvalue weighted by molar-refractivity contribution is 5.68. The summed E-state index contributed by atoms with van der Waals surface area (Å²) in [6.07, 6.45) is 3.91. The van der Waals surface area contributed by atoms with Crippen molar-refractivity contribution in [3.05, 3.63) is 52.1 Å². The van der Waals surface area contributed by atoms with Crippen molar-refractivity contribution in [2.75, 3.05) is 13.1 Å². The molecule has 2 aromatic rings. The van der Waals surface area contributed by atoms with Crippen molar-refractivity contribution in [3.63, 3.8) is 0 Å². The number of hydrogen-bond acceptors (Lipinski definition) is 6. The Morgan fingerprint density at radius 3 is 2.68 bits per heavy atom. The molecule has 2 heterocycles. The van der Waals surface area contributed by atoms with E-state index < -0.39 is 11.7 Å². The highest BCUT2D eigenvalue weighted by Crippen LogP contribution is 2.24. The second-order valence-electron chi connectivity index (χ2n) is 9.29. The van der Waals surface area contributed by atoms with Gasteiger partial charge in [-0.25, -0.2) is 9.78 Å². The maximum atomic E-state index is 12.1. The van der Waals surface area contributed by atoms with Crippen LogP contribution in [-0.2, 0) is 11.3 Å². The number of carbonyl (C=O) groups excluding carboxylic acids is 1. The zero-order valence-corrected chi connectivity index (χ0v) is 18.8. The van der Waals surface area contributed by atoms with Gasteiger partial charge in [0.1, 0.15) is 5.60 Å². The number of piperidine rings is 1. The summed E-state index contributed by atoms with van der Waals surface area (Å²) < 4.78 is 7.17. The molecule has 1 aromatic carbocycles. The van der Waals surface area contributed by atoms with Crippen molar-refractivity contribution in [2.24, 2.45) is 5.92 Å². The fourth-order valence-corrected chi connectivity index (χ4v) is 3.87. The Morgan fingerprint density at radius 1 is 1.35 bits per heavy atom. The molecule has 1 aliphatic rings. The lowest BCUT2D eigenvalue weighted by atomic mass is 9.93. The van der Waals surface area contributed by atoms with Crippen LogP contribution in [0.15, 0.2) is 30.7 Å². The number of rotatable bonds is 5. The second-order valence-corrected chi connectivity index (χ2v) is 9.29. The van der Waals surface area contributed by atoms with Crippen LogP contribution in [0.5, 0.6) is 0 Å². The molecule has 0 bridgehead atoms. The van der Waals surface area contributed by atoms with E-state index in [2.05, 4.69) is 22.1 Å². The largest absolute Gasteiger partial charge is 0.444 e. The van der Waals surface area contributed by atoms with Crippen LogP contribution in [0.2, 0.25) is 0 Å². The third-order valence-corrected chi connectivity index (χ3v) is 5.28. The fourth-order valence-electron chi connectivity index (χ4n) is 3.87. The standard InChI is InChI=1S/C22H31N5O4/c1-15-11-25(7-6-20(15)24-21(28)31-22(3,4)5)13-17-8-18(10-19(9-17)27(29)30)26-12-16(2)23-14-26/h8-10,12,14-15,20H,6-7,11,13H2,1-5H3,(H,24,28). The molecule has 0 saturated carbocycles. The van der Waals surface area contributed by atoms with Crippen molar-refractivity contribution in [2.45, 2.75) is 59.2 Å². The molecule has 168 valence electrons. The van der Waals surface area contributed by atoms with Crippen LogP contribution >= 0.6 is 0 Å². The number of carbonyl (C=O) groups is 1. The smallest absolute Gasteiger partial charge is 0.407 e. The predicted molar refractivity (Wildman–Crippen MR) is 117 cm³/mol. The molecule has 2 atom stereocenters. The number of nitro benzene ring substituents is 1. The lowest BCUT2D eigenvalue weighted by Crippen LogP contribution is -2.50. The number of aryl methyl sites for hydroxylation is 1. The third kappa shape index (κ3) is 6.27. The Hall–Kier alpha value is -2.94. The van der Waals surface area contributed by atoms with Crippen molar-refractivity contribution < 1.29 is 14.5 Å². The van der Waals surface area contributed by atoms with Crippen LogP contribution in [0.1, 0.15) is 45.4 Å². The van der Waals surface area contributed by atoms with E-state index in [0.29, 0.717) is 6.54 Å². The Morgan fingerprint density at radius 2 is 2.10 bits per heavy atom. The quantitative estimate of drug-likeness (QED) is 0.572. The van der Waals surface area contributed by atoms with Gasteiger partial charge < -0.3 is 14.6 Å². The van der Waals surface area contributed by atoms with E-state index in [1.807, 2.05) is 40.0 Å². The minimum atomic E-state index is -0.526. The van der Waals surface area contributed by atoms with Crippen LogP contribution in [0.3, 0.4) is 0 Å². The number of nitrogens with zero attached hydrogens (tertiary/aromatic N) is 4. The first-order chi connectivity index (χ1) is 14.5. The number of hydrogen-bond donors (Lipinski definition) is 1. The Bertz CT molecular complexity index is 950. The first-order valence-electron chi connectivity index (χ1n) is 10.5. The number of non-ortho nitro benzene ring substituents is 1. The van der Waals surface area contributed by atoms with Gasteiger partial charge in [-0.2, -0.15) is 0 Å². The molecule has 1 saturated heterocycles. The fraction of sp³-hybridized carbons (Fsp3) is 0.545. The van der Waals surface area contributed by atoms with Crippen molar-refractivity contribution in [1.82, 2.24) is 19.8 Å². The summed E-state index contributed by atoms with van der Waals surface area (Å²) in [4.78, 5) is 29.7. The molecule has 3 rings (SSSR count). The zero-order chi connectivity index (χ0) is 22.8. The molecule has 31 heavy (non-hydrogen) atoms. The van der Waals surface area contributed by atoms with Crippen LogP contribution in [0, 0.1) is 23.0 Å². The molecule has 1 aliphatic heterocycles. The van der Waals surface area contributed by atoms with E-state index in [0.717, 1.165) is 36.5 Å². The van der Waals surface area contributed by atoms with Crippen molar-refractivity contribution in [1.29, 1.82) is 0 Å². The second kappa shape index (κ2) is 9.05. The molecule has 9 nitrogen and oxygen atoms in total. The SMILES string of the molecule is Cc1cn(-c2cc(CN3CCC(NC(=O)OC(C)(C)C)C(C)C3)cc([N+](=O)[O-])c2)cn1. The average molecular weight is 430 g/mol. The Kier molecular flexibility index (Phi) is 6.64. The number of amides is 1. The highest BCUT2D eigenvalue weighted by atomic mass is 16.6. The third-order valence-electron chi connectivity index (χ3n) is 5.28. The van der Waals surface area contributed by atoms with Gasteiger partial charge in [-0.15, -0.1) is 0 Å². The maximum absolute atomic E-state index is 12.1. The van der Waals surface area contributed by atoms with Gasteiger partial charge in [0.2, 0.25) is 0 Å². The van der Waals surface area contributed by atoms with Gasteiger partial charge >= 0.3 is 6.09 Å². The van der Waals surface area contributed by atoms with E-state index in [-0.39, 0.29) is 22.6 Å². The van der Waals surface area contributed by atoms with Crippen LogP contribution in [0.25, 0.3) is 5.69 Å². The summed E-state index contributed by atoms with van der Waals surface area (Å²) in [5.41, 5.74) is 1.98. The first kappa shape index (κ1) is 22.7. The van der Waals surface area contributed by atoms with Gasteiger partial charge in [0.15, 0.2) is 0 Å². The summed E-state index contributed by atoms with van der Waals surface area (Å²) in [6, 6.07) is 5.19. The number of nitrogens with one attached hydrogen (secondary N) is 1. The van der Waals surface area contributed by atoms with Gasteiger partial charge in [-0.1, -0.05) is 6.92 Å². The topological polar surface area (TPSA) is 103 Å². The molecule has 0 spiro atoms. The lowest BCUT2D eigenvalue weighted by Gasteiger charge is -2.37. The highest BCUT2D eigenvalue weighted by Gasteiger charge is 2.29. The maximum Gasteiger partial charge on any atom is 0.407 e. The molecule has 1 N–H and O–H groups in total. The van der Waals surface area contributed by atoms with Crippen LogP contribution in [-0.4, -0.2) is 50.2 Å². The number of alkyl carbamates (subject to hydrolysis) is 1. The molecule has 1 aromatic heterocycles. The zero-order valence-electron chi connectivity index (χ0n) is 18.8. The molecule has 0 radical (unpaired) electrons. The average Bonchev–Trinajstić information content (AvgIpc) is 3.08. The van der Waals surface area contributed by atoms with Crippen LogP contribution < -0.4 is 5.32 Å². The van der Waals surface area contributed by atoms with E-state index in [9.17, 15) is 14.9 Å². The minimum Gasteiger partial charge on any atom is -0.444 e. The molecule has 1 fully saturated rings. The summed E-state index contributed by atoms with van der Waals surface area (Å²) >= 11 is 0. The number of likely N-dealkylation sites (tertiary alicyclic amines) is 1. The van der Waals surface area contributed by atoms with Crippen LogP contribution in [0.4, 0.5) is 10.5 Å². The van der Waals surface area contributed by atoms with Gasteiger partial charge in [0, 0.05) is 44.0 Å². The molecule has 1 amide bonds. The minimum absolute atomic E-state index is 0.0423. The Labute approximate surface area is 182 Å². The first-order valence-corrected chi connectivity index (χ1v) is 10.5. The number of ether oxygens (including phenoxy) is 1. The molecular weight excluding hydrogens is 398 g/mol. The molecule has 0 aliphatic carbocycles. The van der Waals surface area contributed by atoms with Crippen molar-refractivity contribution >= 4 is 11.8 Å². The van der Waals surface area contributed by atoms with Gasteiger partial charge in [0.25, 0.3) is 5.69 Å². The van der Waals surface area contributed by atoms with E-state index in [1.54, 1.807) is 23.0 Å². The summed E-state index contributed by atoms with van der Waals surface area (Å²) in [5, 5.41) is 14.4. The summed E-state index contributed by atoms with van der Waals surface area (Å²) in [7, 11) is 0. The summed E-state index contributed by atoms with van der Waals surface area (Å²) in [5.74, 6) is 0.232. The number of nitro groups is 1. The number of imidazole rings is 1. The molecule has 9 heteroatoms. The van der Waals surface area contributed by atoms with Gasteiger partial charge in [-0.05, 0) is 51.7 Å². The van der Waals surface area contributed by atoms with Gasteiger partial charge in [0.05, 0.1) is 22.6 Å². The summed E-state index contributed by atoms with van der Waals surface area (Å²) in [6.45, 7) is 11.7. The van der Waals surface area contributed by atoms with E-state index in [1.165, 1.54) is 0 Å². The molecular formula is C22H31N5O4.